The number of ether oxygens (including phenoxy) is 2. The fourth-order valence-corrected chi connectivity index (χ4v) is 1.97. The first-order valence-corrected chi connectivity index (χ1v) is 6.79. The van der Waals surface area contributed by atoms with Crippen molar-refractivity contribution in [3.8, 4) is 0 Å². The second-order valence-corrected chi connectivity index (χ2v) is 4.48. The van der Waals surface area contributed by atoms with Gasteiger partial charge in [0.1, 0.15) is 5.60 Å². The average molecular weight is 303 g/mol. The summed E-state index contributed by atoms with van der Waals surface area (Å²) < 4.78 is 11.0. The van der Waals surface area contributed by atoms with Crippen LogP contribution in [0.3, 0.4) is 0 Å². The molecule has 3 nitrogen and oxygen atoms in total. The van der Waals surface area contributed by atoms with Crippen molar-refractivity contribution in [2.75, 3.05) is 31.8 Å². The molecule has 0 aliphatic carbocycles. The van der Waals surface area contributed by atoms with E-state index < -0.39 is 0 Å². The lowest BCUT2D eigenvalue weighted by Crippen LogP contribution is -2.29. The van der Waals surface area contributed by atoms with Gasteiger partial charge in [0, 0.05) is 5.33 Å². The van der Waals surface area contributed by atoms with Crippen LogP contribution in [0.1, 0.15) is 12.5 Å². The highest BCUT2D eigenvalue weighted by Gasteiger charge is 2.25. The van der Waals surface area contributed by atoms with Gasteiger partial charge in [-0.15, -0.1) is 0 Å². The quantitative estimate of drug-likeness (QED) is 0.592. The van der Waals surface area contributed by atoms with Gasteiger partial charge in [-0.05, 0) is 12.5 Å². The summed E-state index contributed by atoms with van der Waals surface area (Å²) in [6.45, 7) is 3.46. The molecule has 0 saturated heterocycles. The molecule has 17 heavy (non-hydrogen) atoms. The van der Waals surface area contributed by atoms with Crippen LogP contribution in [0.5, 0.6) is 0 Å². The van der Waals surface area contributed by atoms with E-state index in [0.29, 0.717) is 19.8 Å². The second-order valence-electron chi connectivity index (χ2n) is 3.91. The topological polar surface area (TPSA) is 38.7 Å². The molecule has 0 aliphatic rings. The van der Waals surface area contributed by atoms with Gasteiger partial charge in [-0.1, -0.05) is 46.3 Å². The van der Waals surface area contributed by atoms with Crippen LogP contribution in [0.15, 0.2) is 30.3 Å². The standard InChI is InChI=1S/C13H19BrO3/c1-13(11-14,12-5-3-2-4-6-12)17-10-9-16-8-7-15/h2-6,15H,7-11H2,1H3. The van der Waals surface area contributed by atoms with Crippen LogP contribution in [0, 0.1) is 0 Å². The molecular formula is C13H19BrO3. The first-order valence-electron chi connectivity index (χ1n) is 5.67. The predicted octanol–water partition coefficient (Wildman–Crippen LogP) is 2.32. The molecule has 4 heteroatoms. The predicted molar refractivity (Wildman–Crippen MR) is 71.4 cm³/mol. The molecule has 1 unspecified atom stereocenters. The number of aliphatic hydroxyl groups excluding tert-OH is 1. The number of aliphatic hydroxyl groups is 1. The Bertz CT molecular complexity index is 305. The van der Waals surface area contributed by atoms with E-state index in [1.54, 1.807) is 0 Å². The van der Waals surface area contributed by atoms with Crippen molar-refractivity contribution in [2.45, 2.75) is 12.5 Å². The first-order chi connectivity index (χ1) is 8.23. The van der Waals surface area contributed by atoms with E-state index in [9.17, 15) is 0 Å². The zero-order valence-corrected chi connectivity index (χ0v) is 11.6. The Hall–Kier alpha value is -0.420. The Morgan fingerprint density at radius 3 is 2.47 bits per heavy atom. The van der Waals surface area contributed by atoms with Crippen LogP contribution in [0.25, 0.3) is 0 Å². The van der Waals surface area contributed by atoms with Gasteiger partial charge in [0.15, 0.2) is 0 Å². The van der Waals surface area contributed by atoms with E-state index in [2.05, 4.69) is 28.1 Å². The van der Waals surface area contributed by atoms with Gasteiger partial charge in [0.25, 0.3) is 0 Å². The number of hydrogen-bond donors (Lipinski definition) is 1. The third-order valence-corrected chi connectivity index (χ3v) is 3.59. The van der Waals surface area contributed by atoms with Crippen LogP contribution in [0.4, 0.5) is 0 Å². The minimum absolute atomic E-state index is 0.0500. The van der Waals surface area contributed by atoms with E-state index in [4.69, 9.17) is 14.6 Å². The molecule has 0 radical (unpaired) electrons. The van der Waals surface area contributed by atoms with Crippen LogP contribution in [0.2, 0.25) is 0 Å². The highest BCUT2D eigenvalue weighted by atomic mass is 79.9. The van der Waals surface area contributed by atoms with Crippen molar-refractivity contribution in [1.29, 1.82) is 0 Å². The Morgan fingerprint density at radius 1 is 1.18 bits per heavy atom. The van der Waals surface area contributed by atoms with Crippen LogP contribution >= 0.6 is 15.9 Å². The minimum Gasteiger partial charge on any atom is -0.394 e. The molecule has 0 bridgehead atoms. The molecule has 0 saturated carbocycles. The first kappa shape index (κ1) is 14.6. The zero-order valence-electron chi connectivity index (χ0n) is 10.1. The molecule has 1 rings (SSSR count). The Labute approximate surface area is 111 Å². The normalized spacial score (nSPS) is 14.5. The van der Waals surface area contributed by atoms with E-state index in [1.165, 1.54) is 0 Å². The molecule has 1 atom stereocenters. The van der Waals surface area contributed by atoms with E-state index in [1.807, 2.05) is 25.1 Å². The monoisotopic (exact) mass is 302 g/mol. The van der Waals surface area contributed by atoms with Gasteiger partial charge < -0.3 is 14.6 Å². The maximum atomic E-state index is 8.58. The Morgan fingerprint density at radius 2 is 1.88 bits per heavy atom. The lowest BCUT2D eigenvalue weighted by molar-refractivity contribution is -0.0489. The highest BCUT2D eigenvalue weighted by Crippen LogP contribution is 2.27. The summed E-state index contributed by atoms with van der Waals surface area (Å²) in [5, 5.41) is 9.30. The Kier molecular flexibility index (Phi) is 6.73. The van der Waals surface area contributed by atoms with Crippen molar-refractivity contribution in [1.82, 2.24) is 0 Å². The maximum absolute atomic E-state index is 8.58. The molecule has 1 aromatic rings. The van der Waals surface area contributed by atoms with Crippen molar-refractivity contribution < 1.29 is 14.6 Å². The lowest BCUT2D eigenvalue weighted by Gasteiger charge is -2.28. The van der Waals surface area contributed by atoms with Gasteiger partial charge in [-0.25, -0.2) is 0 Å². The number of rotatable bonds is 8. The molecule has 0 heterocycles. The van der Waals surface area contributed by atoms with Gasteiger partial charge in [-0.3, -0.25) is 0 Å². The number of hydrogen-bond acceptors (Lipinski definition) is 3. The molecule has 0 aromatic heterocycles. The Balaban J connectivity index is 2.46. The van der Waals surface area contributed by atoms with Gasteiger partial charge in [0.05, 0.1) is 26.4 Å². The van der Waals surface area contributed by atoms with Gasteiger partial charge in [0.2, 0.25) is 0 Å². The molecule has 96 valence electrons. The summed E-state index contributed by atoms with van der Waals surface area (Å²) >= 11 is 3.49. The molecule has 0 fully saturated rings. The second kappa shape index (κ2) is 7.82. The lowest BCUT2D eigenvalue weighted by atomic mass is 9.98. The maximum Gasteiger partial charge on any atom is 0.100 e. The van der Waals surface area contributed by atoms with E-state index in [0.717, 1.165) is 10.9 Å². The van der Waals surface area contributed by atoms with E-state index >= 15 is 0 Å². The SMILES string of the molecule is CC(CBr)(OCCOCCO)c1ccccc1. The number of alkyl halides is 1. The van der Waals surface area contributed by atoms with Crippen LogP contribution in [-0.2, 0) is 15.1 Å². The summed E-state index contributed by atoms with van der Waals surface area (Å²) in [4.78, 5) is 0. The minimum atomic E-state index is -0.343. The summed E-state index contributed by atoms with van der Waals surface area (Å²) in [5.74, 6) is 0. The highest BCUT2D eigenvalue weighted by molar-refractivity contribution is 9.09. The summed E-state index contributed by atoms with van der Waals surface area (Å²) in [6.07, 6.45) is 0. The number of halogens is 1. The van der Waals surface area contributed by atoms with Crippen LogP contribution in [-0.4, -0.2) is 36.9 Å². The average Bonchev–Trinajstić information content (AvgIpc) is 2.39. The van der Waals surface area contributed by atoms with Crippen molar-refractivity contribution in [3.05, 3.63) is 35.9 Å². The number of benzene rings is 1. The molecule has 1 N–H and O–H groups in total. The van der Waals surface area contributed by atoms with Crippen LogP contribution < -0.4 is 0 Å². The molecule has 0 aliphatic heterocycles. The van der Waals surface area contributed by atoms with E-state index in [-0.39, 0.29) is 12.2 Å². The third-order valence-electron chi connectivity index (χ3n) is 2.52. The fraction of sp³-hybridized carbons (Fsp3) is 0.538. The molecule has 1 aromatic carbocycles. The third kappa shape index (κ3) is 4.76. The summed E-state index contributed by atoms with van der Waals surface area (Å²) in [5.41, 5.74) is 0.795. The zero-order chi connectivity index (χ0) is 12.6. The molecular weight excluding hydrogens is 284 g/mol. The van der Waals surface area contributed by atoms with Crippen molar-refractivity contribution in [2.24, 2.45) is 0 Å². The smallest absolute Gasteiger partial charge is 0.100 e. The van der Waals surface area contributed by atoms with Crippen molar-refractivity contribution in [3.63, 3.8) is 0 Å². The van der Waals surface area contributed by atoms with Gasteiger partial charge in [-0.2, -0.15) is 0 Å². The fourth-order valence-electron chi connectivity index (χ4n) is 1.48. The van der Waals surface area contributed by atoms with Crippen molar-refractivity contribution >= 4 is 15.9 Å². The summed E-state index contributed by atoms with van der Waals surface area (Å²) in [6, 6.07) is 10.1. The molecule has 0 amide bonds. The van der Waals surface area contributed by atoms with Gasteiger partial charge >= 0.3 is 0 Å². The summed E-state index contributed by atoms with van der Waals surface area (Å²) in [7, 11) is 0. The largest absolute Gasteiger partial charge is 0.394 e. The molecule has 0 spiro atoms.